The standard InChI is InChI=1S/C19H16F3NO5/c1-11(16(24)23-13-9-7-12(8-10-13)19(20,21)22)28-18(26)15-6-4-3-5-14(15)17(25)27-2/h3-11H,1-2H3,(H,23,24). The van der Waals surface area contributed by atoms with E-state index in [1.165, 1.54) is 31.2 Å². The van der Waals surface area contributed by atoms with Gasteiger partial charge in [-0.15, -0.1) is 0 Å². The van der Waals surface area contributed by atoms with Gasteiger partial charge in [0.1, 0.15) is 0 Å². The third kappa shape index (κ3) is 5.09. The van der Waals surface area contributed by atoms with E-state index in [1.807, 2.05) is 0 Å². The van der Waals surface area contributed by atoms with Gasteiger partial charge in [0.15, 0.2) is 6.10 Å². The summed E-state index contributed by atoms with van der Waals surface area (Å²) in [4.78, 5) is 36.1. The molecule has 0 aliphatic rings. The molecule has 0 aliphatic heterocycles. The Labute approximate surface area is 158 Å². The zero-order valence-corrected chi connectivity index (χ0v) is 14.9. The van der Waals surface area contributed by atoms with Crippen molar-refractivity contribution in [2.75, 3.05) is 12.4 Å². The Morgan fingerprint density at radius 2 is 1.46 bits per heavy atom. The molecule has 6 nitrogen and oxygen atoms in total. The van der Waals surface area contributed by atoms with Gasteiger partial charge in [-0.25, -0.2) is 9.59 Å². The molecule has 2 aromatic carbocycles. The van der Waals surface area contributed by atoms with Gasteiger partial charge in [-0.3, -0.25) is 4.79 Å². The van der Waals surface area contributed by atoms with Gasteiger partial charge in [-0.2, -0.15) is 13.2 Å². The normalized spacial score (nSPS) is 12.0. The summed E-state index contributed by atoms with van der Waals surface area (Å²) in [6, 6.07) is 9.56. The summed E-state index contributed by atoms with van der Waals surface area (Å²) >= 11 is 0. The number of carbonyl (C=O) groups is 3. The van der Waals surface area contributed by atoms with E-state index >= 15 is 0 Å². The van der Waals surface area contributed by atoms with Crippen LogP contribution in [-0.2, 0) is 20.4 Å². The van der Waals surface area contributed by atoms with Gasteiger partial charge in [-0.05, 0) is 43.3 Å². The lowest BCUT2D eigenvalue weighted by Gasteiger charge is -2.15. The maximum atomic E-state index is 12.6. The SMILES string of the molecule is COC(=O)c1ccccc1C(=O)OC(C)C(=O)Nc1ccc(C(F)(F)F)cc1. The Morgan fingerprint density at radius 1 is 0.929 bits per heavy atom. The molecular formula is C19H16F3NO5. The number of benzene rings is 2. The number of carbonyl (C=O) groups excluding carboxylic acids is 3. The van der Waals surface area contributed by atoms with Crippen molar-refractivity contribution in [3.63, 3.8) is 0 Å². The van der Waals surface area contributed by atoms with Gasteiger partial charge in [0.2, 0.25) is 0 Å². The van der Waals surface area contributed by atoms with Crippen LogP contribution in [0.1, 0.15) is 33.2 Å². The molecule has 148 valence electrons. The molecule has 9 heteroatoms. The van der Waals surface area contributed by atoms with E-state index in [-0.39, 0.29) is 16.8 Å². The molecule has 1 unspecified atom stereocenters. The monoisotopic (exact) mass is 395 g/mol. The van der Waals surface area contributed by atoms with Crippen LogP contribution in [-0.4, -0.2) is 31.1 Å². The van der Waals surface area contributed by atoms with Crippen LogP contribution in [0.15, 0.2) is 48.5 Å². The number of hydrogen-bond acceptors (Lipinski definition) is 5. The summed E-state index contributed by atoms with van der Waals surface area (Å²) in [5.74, 6) is -2.41. The summed E-state index contributed by atoms with van der Waals surface area (Å²) in [5.41, 5.74) is -0.853. The number of halogens is 3. The third-order valence-corrected chi connectivity index (χ3v) is 3.69. The third-order valence-electron chi connectivity index (χ3n) is 3.69. The van der Waals surface area contributed by atoms with Gasteiger partial charge in [-0.1, -0.05) is 12.1 Å². The molecule has 0 aliphatic carbocycles. The molecule has 0 radical (unpaired) electrons. The minimum atomic E-state index is -4.49. The van der Waals surface area contributed by atoms with Crippen molar-refractivity contribution in [3.05, 3.63) is 65.2 Å². The van der Waals surface area contributed by atoms with Crippen molar-refractivity contribution in [1.29, 1.82) is 0 Å². The summed E-state index contributed by atoms with van der Waals surface area (Å²) in [7, 11) is 1.16. The number of alkyl halides is 3. The predicted molar refractivity (Wildman–Crippen MR) is 92.7 cm³/mol. The lowest BCUT2D eigenvalue weighted by atomic mass is 10.1. The van der Waals surface area contributed by atoms with E-state index in [9.17, 15) is 27.6 Å². The van der Waals surface area contributed by atoms with Crippen molar-refractivity contribution in [2.45, 2.75) is 19.2 Å². The Morgan fingerprint density at radius 3 is 1.96 bits per heavy atom. The van der Waals surface area contributed by atoms with E-state index in [1.54, 1.807) is 0 Å². The Kier molecular flexibility index (Phi) is 6.40. The first kappa shape index (κ1) is 20.9. The van der Waals surface area contributed by atoms with E-state index in [0.29, 0.717) is 0 Å². The Bertz CT molecular complexity index is 878. The van der Waals surface area contributed by atoms with Gasteiger partial charge >= 0.3 is 18.1 Å². The lowest BCUT2D eigenvalue weighted by Crippen LogP contribution is -2.30. The van der Waals surface area contributed by atoms with E-state index in [0.717, 1.165) is 31.4 Å². The highest BCUT2D eigenvalue weighted by atomic mass is 19.4. The lowest BCUT2D eigenvalue weighted by molar-refractivity contribution is -0.137. The van der Waals surface area contributed by atoms with Crippen LogP contribution in [0.25, 0.3) is 0 Å². The number of methoxy groups -OCH3 is 1. The van der Waals surface area contributed by atoms with Crippen molar-refractivity contribution in [3.8, 4) is 0 Å². The molecule has 0 heterocycles. The fourth-order valence-electron chi connectivity index (χ4n) is 2.21. The van der Waals surface area contributed by atoms with Crippen molar-refractivity contribution >= 4 is 23.5 Å². The molecule has 2 aromatic rings. The minimum absolute atomic E-state index is 0.0228. The second-order valence-corrected chi connectivity index (χ2v) is 5.65. The average molecular weight is 395 g/mol. The fraction of sp³-hybridized carbons (Fsp3) is 0.211. The number of rotatable bonds is 5. The zero-order chi connectivity index (χ0) is 20.9. The van der Waals surface area contributed by atoms with E-state index < -0.39 is 35.7 Å². The van der Waals surface area contributed by atoms with Crippen molar-refractivity contribution in [2.24, 2.45) is 0 Å². The summed E-state index contributed by atoms with van der Waals surface area (Å²) in [5, 5.41) is 2.35. The molecule has 0 spiro atoms. The quantitative estimate of drug-likeness (QED) is 0.782. The first-order valence-corrected chi connectivity index (χ1v) is 8.00. The Hall–Kier alpha value is -3.36. The van der Waals surface area contributed by atoms with Crippen LogP contribution in [0.2, 0.25) is 0 Å². The number of hydrogen-bond donors (Lipinski definition) is 1. The Balaban J connectivity index is 2.05. The minimum Gasteiger partial charge on any atom is -0.465 e. The second kappa shape index (κ2) is 8.55. The first-order valence-electron chi connectivity index (χ1n) is 8.00. The maximum Gasteiger partial charge on any atom is 0.416 e. The highest BCUT2D eigenvalue weighted by Gasteiger charge is 2.30. The van der Waals surface area contributed by atoms with Crippen LogP contribution in [0.4, 0.5) is 18.9 Å². The summed E-state index contributed by atoms with van der Waals surface area (Å²) < 4.78 is 47.3. The van der Waals surface area contributed by atoms with E-state index in [4.69, 9.17) is 4.74 Å². The molecule has 2 rings (SSSR count). The molecule has 0 saturated heterocycles. The number of anilines is 1. The van der Waals surface area contributed by atoms with Gasteiger partial charge in [0.05, 0.1) is 23.8 Å². The van der Waals surface area contributed by atoms with Crippen molar-refractivity contribution < 1.29 is 37.0 Å². The molecule has 1 atom stereocenters. The molecule has 0 fully saturated rings. The van der Waals surface area contributed by atoms with Gasteiger partial charge < -0.3 is 14.8 Å². The topological polar surface area (TPSA) is 81.7 Å². The molecule has 1 amide bonds. The molecule has 0 bridgehead atoms. The molecule has 0 saturated carbocycles. The summed E-state index contributed by atoms with van der Waals surface area (Å²) in [6.07, 6.45) is -5.75. The smallest absolute Gasteiger partial charge is 0.416 e. The van der Waals surface area contributed by atoms with E-state index in [2.05, 4.69) is 10.1 Å². The van der Waals surface area contributed by atoms with Gasteiger partial charge in [0, 0.05) is 5.69 Å². The van der Waals surface area contributed by atoms with Crippen LogP contribution >= 0.6 is 0 Å². The van der Waals surface area contributed by atoms with Crippen molar-refractivity contribution in [1.82, 2.24) is 0 Å². The molecule has 1 N–H and O–H groups in total. The maximum absolute atomic E-state index is 12.6. The number of nitrogens with one attached hydrogen (secondary N) is 1. The van der Waals surface area contributed by atoms with Crippen LogP contribution in [0.3, 0.4) is 0 Å². The van der Waals surface area contributed by atoms with Crippen LogP contribution in [0.5, 0.6) is 0 Å². The van der Waals surface area contributed by atoms with Gasteiger partial charge in [0.25, 0.3) is 5.91 Å². The number of ether oxygens (including phenoxy) is 2. The second-order valence-electron chi connectivity index (χ2n) is 5.65. The zero-order valence-electron chi connectivity index (χ0n) is 14.9. The fourth-order valence-corrected chi connectivity index (χ4v) is 2.21. The van der Waals surface area contributed by atoms with Crippen LogP contribution < -0.4 is 5.32 Å². The first-order chi connectivity index (χ1) is 13.1. The van der Waals surface area contributed by atoms with Crippen LogP contribution in [0, 0.1) is 0 Å². The molecular weight excluding hydrogens is 379 g/mol. The number of amides is 1. The molecule has 28 heavy (non-hydrogen) atoms. The number of esters is 2. The predicted octanol–water partition coefficient (Wildman–Crippen LogP) is 3.68. The molecule has 0 aromatic heterocycles. The largest absolute Gasteiger partial charge is 0.465 e. The highest BCUT2D eigenvalue weighted by Crippen LogP contribution is 2.29. The average Bonchev–Trinajstić information content (AvgIpc) is 2.66. The summed E-state index contributed by atoms with van der Waals surface area (Å²) in [6.45, 7) is 1.29. The highest BCUT2D eigenvalue weighted by molar-refractivity contribution is 6.04.